The van der Waals surface area contributed by atoms with E-state index in [0.29, 0.717) is 6.42 Å². The number of carbonyl (C=O) groups is 1. The van der Waals surface area contributed by atoms with E-state index in [1.54, 1.807) is 0 Å². The largest absolute Gasteiger partial charge is 0.549 e. The van der Waals surface area contributed by atoms with Crippen molar-refractivity contribution >= 4 is 16.0 Å². The lowest BCUT2D eigenvalue weighted by Crippen LogP contribution is -3.05. The average Bonchev–Trinajstić information content (AvgIpc) is 1.95. The van der Waals surface area contributed by atoms with Crippen molar-refractivity contribution < 1.29 is 23.2 Å². The molecule has 0 aromatic rings. The fraction of sp³-hybridized carbons (Fsp3) is 0.857. The second-order valence-corrected chi connectivity index (χ2v) is 5.14. The van der Waals surface area contributed by atoms with Crippen LogP contribution in [0.1, 0.15) is 6.42 Å². The van der Waals surface area contributed by atoms with Crippen LogP contribution in [0.3, 0.4) is 0 Å². The summed E-state index contributed by atoms with van der Waals surface area (Å²) in [6.07, 6.45) is 0.675. The number of hydrogen-bond donors (Lipinski definition) is 2. The zero-order valence-corrected chi connectivity index (χ0v) is 9.19. The first-order chi connectivity index (χ1) is 6.33. The van der Waals surface area contributed by atoms with Crippen molar-refractivity contribution in [2.75, 3.05) is 32.9 Å². The number of aliphatic carboxylic acids is 1. The zero-order valence-electron chi connectivity index (χ0n) is 8.37. The zero-order chi connectivity index (χ0) is 11.2. The van der Waals surface area contributed by atoms with E-state index in [2.05, 4.69) is 4.72 Å². The van der Waals surface area contributed by atoms with Gasteiger partial charge in [0.1, 0.15) is 5.75 Å². The molecule has 2 N–H and O–H groups in total. The summed E-state index contributed by atoms with van der Waals surface area (Å²) in [5.74, 6) is -2.56. The van der Waals surface area contributed by atoms with Gasteiger partial charge in [0.25, 0.3) is 0 Å². The highest BCUT2D eigenvalue weighted by Gasteiger charge is 2.09. The summed E-state index contributed by atoms with van der Waals surface area (Å²) in [6.45, 7) is 1.09. The fourth-order valence-corrected chi connectivity index (χ4v) is 1.74. The molecule has 0 atom stereocenters. The molecule has 0 heterocycles. The molecule has 0 aliphatic rings. The molecule has 0 aliphatic carbocycles. The van der Waals surface area contributed by atoms with Crippen molar-refractivity contribution in [3.63, 3.8) is 0 Å². The summed E-state index contributed by atoms with van der Waals surface area (Å²) in [6, 6.07) is 0. The third-order valence-corrected chi connectivity index (χ3v) is 2.74. The summed E-state index contributed by atoms with van der Waals surface area (Å²) >= 11 is 0. The van der Waals surface area contributed by atoms with Gasteiger partial charge in [0.05, 0.1) is 26.6 Å². The molecule has 0 spiro atoms. The van der Waals surface area contributed by atoms with Crippen molar-refractivity contribution in [1.29, 1.82) is 0 Å². The Morgan fingerprint density at radius 2 is 2.00 bits per heavy atom. The Kier molecular flexibility index (Phi) is 5.66. The lowest BCUT2D eigenvalue weighted by atomic mass is 10.4. The Morgan fingerprint density at radius 1 is 1.43 bits per heavy atom. The number of carbonyl (C=O) groups excluding carboxylic acids is 1. The first-order valence-corrected chi connectivity index (χ1v) is 5.95. The van der Waals surface area contributed by atoms with Gasteiger partial charge in [0.2, 0.25) is 10.0 Å². The van der Waals surface area contributed by atoms with Gasteiger partial charge in [-0.3, -0.25) is 0 Å². The number of hydrogen-bond acceptors (Lipinski definition) is 4. The molecule has 0 fully saturated rings. The Bertz CT molecular complexity index is 273. The van der Waals surface area contributed by atoms with Gasteiger partial charge in [0, 0.05) is 13.0 Å². The molecule has 14 heavy (non-hydrogen) atoms. The van der Waals surface area contributed by atoms with Gasteiger partial charge in [-0.1, -0.05) is 0 Å². The van der Waals surface area contributed by atoms with Crippen LogP contribution in [0.4, 0.5) is 0 Å². The standard InChI is InChI=1S/C7H16N2O4S/c1-9(2)5-3-4-8-14(12,13)6-7(10)11/h8H,3-6H2,1-2H3,(H,10,11). The first-order valence-electron chi connectivity index (χ1n) is 4.30. The molecule has 0 aliphatic heterocycles. The molecule has 0 rings (SSSR count). The number of nitrogens with one attached hydrogen (secondary N) is 2. The van der Waals surface area contributed by atoms with Crippen molar-refractivity contribution in [3.8, 4) is 0 Å². The van der Waals surface area contributed by atoms with E-state index >= 15 is 0 Å². The Morgan fingerprint density at radius 3 is 2.43 bits per heavy atom. The smallest absolute Gasteiger partial charge is 0.216 e. The molecular formula is C7H16N2O4S. The van der Waals surface area contributed by atoms with Gasteiger partial charge in [-0.05, 0) is 0 Å². The Hall–Kier alpha value is -0.660. The van der Waals surface area contributed by atoms with E-state index in [4.69, 9.17) is 0 Å². The van der Waals surface area contributed by atoms with Crippen LogP contribution in [0.2, 0.25) is 0 Å². The summed E-state index contributed by atoms with van der Waals surface area (Å²) in [4.78, 5) is 11.2. The number of quaternary nitrogens is 1. The maximum atomic E-state index is 10.9. The van der Waals surface area contributed by atoms with Gasteiger partial charge >= 0.3 is 0 Å². The van der Waals surface area contributed by atoms with Crippen LogP contribution in [0.15, 0.2) is 0 Å². The highest BCUT2D eigenvalue weighted by molar-refractivity contribution is 7.90. The molecule has 0 saturated heterocycles. The van der Waals surface area contributed by atoms with Gasteiger partial charge in [-0.15, -0.1) is 0 Å². The van der Waals surface area contributed by atoms with E-state index in [-0.39, 0.29) is 6.54 Å². The lowest BCUT2D eigenvalue weighted by molar-refractivity contribution is -0.858. The van der Waals surface area contributed by atoms with Crippen LogP contribution in [-0.2, 0) is 14.8 Å². The second-order valence-electron chi connectivity index (χ2n) is 3.34. The second kappa shape index (κ2) is 5.94. The van der Waals surface area contributed by atoms with Gasteiger partial charge < -0.3 is 14.8 Å². The summed E-state index contributed by atoms with van der Waals surface area (Å²) < 4.78 is 24.1. The molecule has 0 saturated carbocycles. The number of rotatable bonds is 7. The lowest BCUT2D eigenvalue weighted by Gasteiger charge is -2.08. The molecule has 0 radical (unpaired) electrons. The molecule has 6 nitrogen and oxygen atoms in total. The summed E-state index contributed by atoms with van der Waals surface area (Å²) in [5.41, 5.74) is 0. The van der Waals surface area contributed by atoms with E-state index in [1.165, 1.54) is 4.90 Å². The molecule has 7 heteroatoms. The average molecular weight is 224 g/mol. The van der Waals surface area contributed by atoms with E-state index in [1.807, 2.05) is 14.1 Å². The van der Waals surface area contributed by atoms with Crippen LogP contribution in [0.5, 0.6) is 0 Å². The first kappa shape index (κ1) is 13.3. The highest BCUT2D eigenvalue weighted by atomic mass is 32.2. The molecule has 84 valence electrons. The maximum absolute atomic E-state index is 10.9. The van der Waals surface area contributed by atoms with Crippen molar-refractivity contribution in [3.05, 3.63) is 0 Å². The minimum absolute atomic E-state index is 0.265. The molecule has 0 aromatic carbocycles. The van der Waals surface area contributed by atoms with E-state index in [0.717, 1.165) is 6.54 Å². The minimum atomic E-state index is -3.70. The number of carboxylic acids is 1. The van der Waals surface area contributed by atoms with E-state index < -0.39 is 21.7 Å². The fourth-order valence-electron chi connectivity index (χ4n) is 0.876. The van der Waals surface area contributed by atoms with Crippen molar-refractivity contribution in [2.45, 2.75) is 6.42 Å². The molecule has 0 unspecified atom stereocenters. The molecule has 0 aromatic heterocycles. The van der Waals surface area contributed by atoms with Crippen molar-refractivity contribution in [2.24, 2.45) is 0 Å². The number of sulfonamides is 1. The van der Waals surface area contributed by atoms with E-state index in [9.17, 15) is 18.3 Å². The number of carboxylic acid groups (broad SMARTS) is 1. The van der Waals surface area contributed by atoms with Crippen LogP contribution < -0.4 is 14.7 Å². The van der Waals surface area contributed by atoms with Crippen molar-refractivity contribution in [1.82, 2.24) is 4.72 Å². The van der Waals surface area contributed by atoms with Gasteiger partial charge in [-0.2, -0.15) is 0 Å². The SMILES string of the molecule is C[NH+](C)CCCNS(=O)(=O)CC(=O)[O-]. The predicted molar refractivity (Wildman–Crippen MR) is 49.1 cm³/mol. The van der Waals surface area contributed by atoms with Gasteiger partial charge in [-0.25, -0.2) is 13.1 Å². The van der Waals surface area contributed by atoms with Crippen LogP contribution >= 0.6 is 0 Å². The molecule has 0 amide bonds. The maximum Gasteiger partial charge on any atom is 0.216 e. The van der Waals surface area contributed by atoms with Gasteiger partial charge in [0.15, 0.2) is 0 Å². The summed E-state index contributed by atoms with van der Waals surface area (Å²) in [7, 11) is 0.208. The molecular weight excluding hydrogens is 208 g/mol. The topological polar surface area (TPSA) is 90.7 Å². The highest BCUT2D eigenvalue weighted by Crippen LogP contribution is 1.82. The normalized spacial score (nSPS) is 11.9. The Balaban J connectivity index is 3.72. The predicted octanol–water partition coefficient (Wildman–Crippen LogP) is -3.81. The monoisotopic (exact) mass is 224 g/mol. The van der Waals surface area contributed by atoms with Crippen LogP contribution in [0.25, 0.3) is 0 Å². The van der Waals surface area contributed by atoms with Crippen LogP contribution in [-0.4, -0.2) is 47.3 Å². The third kappa shape index (κ3) is 7.96. The third-order valence-electron chi connectivity index (χ3n) is 1.48. The van der Waals surface area contributed by atoms with Crippen LogP contribution in [0, 0.1) is 0 Å². The Labute approximate surface area is 84.0 Å². The minimum Gasteiger partial charge on any atom is -0.549 e. The molecule has 0 bridgehead atoms. The quantitative estimate of drug-likeness (QED) is 0.434. The summed E-state index contributed by atoms with van der Waals surface area (Å²) in [5, 5.41) is 10.0.